The van der Waals surface area contributed by atoms with Gasteiger partial charge in [0.05, 0.1) is 23.1 Å². The number of para-hydroxylation sites is 2. The third-order valence-electron chi connectivity index (χ3n) is 5.31. The minimum atomic E-state index is -0.0252. The molecular weight excluding hydrogens is 318 g/mol. The van der Waals surface area contributed by atoms with Gasteiger partial charge in [-0.05, 0) is 31.4 Å². The smallest absolute Gasteiger partial charge is 0.230 e. The van der Waals surface area contributed by atoms with Gasteiger partial charge in [-0.1, -0.05) is 17.3 Å². The Morgan fingerprint density at radius 3 is 2.80 bits per heavy atom. The van der Waals surface area contributed by atoms with Crippen LogP contribution in [0.5, 0.6) is 0 Å². The molecule has 1 saturated carbocycles. The second kappa shape index (κ2) is 4.56. The van der Waals surface area contributed by atoms with Gasteiger partial charge in [0.1, 0.15) is 12.0 Å². The normalized spacial score (nSPS) is 21.2. The highest BCUT2D eigenvalue weighted by molar-refractivity contribution is 5.99. The molecule has 7 nitrogen and oxygen atoms in total. The van der Waals surface area contributed by atoms with E-state index in [0.29, 0.717) is 24.1 Å². The van der Waals surface area contributed by atoms with Gasteiger partial charge in [-0.15, -0.1) is 0 Å². The molecule has 4 heterocycles. The first-order valence-corrected chi connectivity index (χ1v) is 8.64. The molecule has 3 aromatic rings. The summed E-state index contributed by atoms with van der Waals surface area (Å²) in [5.74, 6) is 1.79. The second-order valence-electron chi connectivity index (χ2n) is 6.89. The highest BCUT2D eigenvalue weighted by Crippen LogP contribution is 2.47. The molecule has 2 aromatic heterocycles. The SMILES string of the molecule is O=C1CC[C@@H]2c3c(-c4noc(C5CC5)n4)ncn3-c3ccccc3N12. The Labute approximate surface area is 143 Å². The molecule has 1 amide bonds. The zero-order chi connectivity index (χ0) is 16.5. The topological polar surface area (TPSA) is 77.0 Å². The Kier molecular flexibility index (Phi) is 2.43. The maximum Gasteiger partial charge on any atom is 0.230 e. The fourth-order valence-electron chi connectivity index (χ4n) is 3.98. The van der Waals surface area contributed by atoms with Gasteiger partial charge < -0.3 is 9.42 Å². The van der Waals surface area contributed by atoms with Crippen LogP contribution in [-0.2, 0) is 4.79 Å². The molecule has 2 aliphatic heterocycles. The summed E-state index contributed by atoms with van der Waals surface area (Å²) >= 11 is 0. The summed E-state index contributed by atoms with van der Waals surface area (Å²) in [6.45, 7) is 0. The molecule has 2 fully saturated rings. The number of benzene rings is 1. The van der Waals surface area contributed by atoms with E-state index in [9.17, 15) is 4.79 Å². The van der Waals surface area contributed by atoms with Gasteiger partial charge in [-0.2, -0.15) is 4.98 Å². The number of hydrogen-bond donors (Lipinski definition) is 0. The number of anilines is 1. The molecule has 1 atom stereocenters. The number of nitrogens with zero attached hydrogens (tertiary/aromatic N) is 5. The number of rotatable bonds is 2. The minimum Gasteiger partial charge on any atom is -0.339 e. The molecular formula is C18H15N5O2. The lowest BCUT2D eigenvalue weighted by atomic mass is 10.0. The van der Waals surface area contributed by atoms with Crippen molar-refractivity contribution in [2.24, 2.45) is 0 Å². The first-order chi connectivity index (χ1) is 12.3. The van der Waals surface area contributed by atoms with Gasteiger partial charge >= 0.3 is 0 Å². The number of carbonyl (C=O) groups is 1. The molecule has 1 aromatic carbocycles. The number of carbonyl (C=O) groups excluding carboxylic acids is 1. The molecule has 124 valence electrons. The van der Waals surface area contributed by atoms with E-state index in [1.54, 1.807) is 6.33 Å². The van der Waals surface area contributed by atoms with Crippen molar-refractivity contribution in [3.05, 3.63) is 42.2 Å². The van der Waals surface area contributed by atoms with E-state index in [1.807, 2.05) is 29.2 Å². The Balaban J connectivity index is 1.56. The van der Waals surface area contributed by atoms with Crippen molar-refractivity contribution in [1.29, 1.82) is 0 Å². The predicted molar refractivity (Wildman–Crippen MR) is 88.3 cm³/mol. The third-order valence-corrected chi connectivity index (χ3v) is 5.31. The van der Waals surface area contributed by atoms with E-state index in [4.69, 9.17) is 4.52 Å². The summed E-state index contributed by atoms with van der Waals surface area (Å²) in [6, 6.07) is 7.92. The monoisotopic (exact) mass is 333 g/mol. The Morgan fingerprint density at radius 1 is 1.12 bits per heavy atom. The van der Waals surface area contributed by atoms with Crippen LogP contribution in [0.25, 0.3) is 17.2 Å². The molecule has 0 N–H and O–H groups in total. The van der Waals surface area contributed by atoms with Crippen LogP contribution >= 0.6 is 0 Å². The summed E-state index contributed by atoms with van der Waals surface area (Å²) < 4.78 is 7.48. The van der Waals surface area contributed by atoms with Crippen LogP contribution in [0.3, 0.4) is 0 Å². The van der Waals surface area contributed by atoms with Crippen LogP contribution in [0, 0.1) is 0 Å². The van der Waals surface area contributed by atoms with Crippen molar-refractivity contribution in [3.8, 4) is 17.2 Å². The number of amides is 1. The molecule has 0 unspecified atom stereocenters. The van der Waals surface area contributed by atoms with Crippen LogP contribution in [0.15, 0.2) is 35.1 Å². The van der Waals surface area contributed by atoms with E-state index >= 15 is 0 Å². The molecule has 0 radical (unpaired) electrons. The molecule has 1 aliphatic carbocycles. The molecule has 25 heavy (non-hydrogen) atoms. The molecule has 7 heteroatoms. The Bertz CT molecular complexity index is 1020. The maximum absolute atomic E-state index is 12.5. The van der Waals surface area contributed by atoms with Gasteiger partial charge in [-0.3, -0.25) is 9.36 Å². The van der Waals surface area contributed by atoms with Gasteiger partial charge in [0.25, 0.3) is 0 Å². The van der Waals surface area contributed by atoms with Crippen molar-refractivity contribution >= 4 is 11.6 Å². The fourth-order valence-corrected chi connectivity index (χ4v) is 3.98. The van der Waals surface area contributed by atoms with Gasteiger partial charge in [-0.25, -0.2) is 4.98 Å². The van der Waals surface area contributed by atoms with Crippen LogP contribution in [0.1, 0.15) is 49.2 Å². The molecule has 0 bridgehead atoms. The summed E-state index contributed by atoms with van der Waals surface area (Å²) in [5.41, 5.74) is 3.61. The van der Waals surface area contributed by atoms with E-state index < -0.39 is 0 Å². The highest BCUT2D eigenvalue weighted by atomic mass is 16.5. The van der Waals surface area contributed by atoms with Crippen molar-refractivity contribution in [2.45, 2.75) is 37.6 Å². The van der Waals surface area contributed by atoms with E-state index in [1.165, 1.54) is 0 Å². The molecule has 1 saturated heterocycles. The lowest BCUT2D eigenvalue weighted by Crippen LogP contribution is -2.33. The van der Waals surface area contributed by atoms with Crippen LogP contribution < -0.4 is 4.90 Å². The second-order valence-corrected chi connectivity index (χ2v) is 6.89. The standard InChI is InChI=1S/C18H15N5O2/c24-14-8-7-13-16-15(17-20-18(25-21-17)10-5-6-10)19-9-22(16)11-3-1-2-4-12(11)23(13)14/h1-4,9-10,13H,5-8H2/t13-/m1/s1. The van der Waals surface area contributed by atoms with Crippen LogP contribution in [0.2, 0.25) is 0 Å². The first kappa shape index (κ1) is 13.3. The predicted octanol–water partition coefficient (Wildman–Crippen LogP) is 2.98. The van der Waals surface area contributed by atoms with Crippen molar-refractivity contribution in [2.75, 3.05) is 4.90 Å². The highest BCUT2D eigenvalue weighted by Gasteiger charge is 2.42. The van der Waals surface area contributed by atoms with Crippen LogP contribution in [-0.4, -0.2) is 25.6 Å². The molecule has 0 spiro atoms. The van der Waals surface area contributed by atoms with Crippen molar-refractivity contribution in [3.63, 3.8) is 0 Å². The average Bonchev–Trinajstić information content (AvgIpc) is 3.06. The van der Waals surface area contributed by atoms with Gasteiger partial charge in [0, 0.05) is 12.3 Å². The molecule has 6 rings (SSSR count). The average molecular weight is 333 g/mol. The zero-order valence-electron chi connectivity index (χ0n) is 13.4. The van der Waals surface area contributed by atoms with Gasteiger partial charge in [0.15, 0.2) is 0 Å². The lowest BCUT2D eigenvalue weighted by molar-refractivity contribution is -0.117. The third kappa shape index (κ3) is 1.75. The summed E-state index contributed by atoms with van der Waals surface area (Å²) in [4.78, 5) is 23.5. The zero-order valence-corrected chi connectivity index (χ0v) is 13.4. The fraction of sp³-hybridized carbons (Fsp3) is 0.333. The van der Waals surface area contributed by atoms with Crippen molar-refractivity contribution in [1.82, 2.24) is 19.7 Å². The summed E-state index contributed by atoms with van der Waals surface area (Å²) in [6.07, 6.45) is 5.35. The molecule has 3 aliphatic rings. The lowest BCUT2D eigenvalue weighted by Gasteiger charge is -2.33. The van der Waals surface area contributed by atoms with Crippen molar-refractivity contribution < 1.29 is 9.32 Å². The van der Waals surface area contributed by atoms with E-state index in [0.717, 1.165) is 42.0 Å². The Morgan fingerprint density at radius 2 is 1.96 bits per heavy atom. The maximum atomic E-state index is 12.5. The number of fused-ring (bicyclic) bond motifs is 6. The summed E-state index contributed by atoms with van der Waals surface area (Å²) in [5, 5.41) is 4.15. The Hall–Kier alpha value is -2.96. The number of imidazole rings is 1. The number of aromatic nitrogens is 4. The van der Waals surface area contributed by atoms with Crippen LogP contribution in [0.4, 0.5) is 5.69 Å². The minimum absolute atomic E-state index is 0.0252. The van der Waals surface area contributed by atoms with E-state index in [2.05, 4.69) is 19.7 Å². The first-order valence-electron chi connectivity index (χ1n) is 8.64. The quantitative estimate of drug-likeness (QED) is 0.720. The van der Waals surface area contributed by atoms with Gasteiger partial charge in [0.2, 0.25) is 17.6 Å². The van der Waals surface area contributed by atoms with E-state index in [-0.39, 0.29) is 11.9 Å². The largest absolute Gasteiger partial charge is 0.339 e. The summed E-state index contributed by atoms with van der Waals surface area (Å²) in [7, 11) is 0. The number of hydrogen-bond acceptors (Lipinski definition) is 5.